The predicted octanol–water partition coefficient (Wildman–Crippen LogP) is -1.01. The lowest BCUT2D eigenvalue weighted by molar-refractivity contribution is -0.170. The van der Waals surface area contributed by atoms with Crippen molar-refractivity contribution < 1.29 is 38.4 Å². The van der Waals surface area contributed by atoms with Crippen LogP contribution < -0.4 is 0 Å². The van der Waals surface area contributed by atoms with Crippen molar-refractivity contribution in [2.45, 2.75) is 22.9 Å². The number of aliphatic hydroxyl groups is 2. The second-order valence-electron chi connectivity index (χ2n) is 4.06. The number of aliphatic hydroxyl groups excluding tert-OH is 1. The molecule has 0 heterocycles. The lowest BCUT2D eigenvalue weighted by atomic mass is 10.2. The molecule has 0 saturated heterocycles. The van der Waals surface area contributed by atoms with Crippen molar-refractivity contribution >= 4 is 21.8 Å². The van der Waals surface area contributed by atoms with Crippen LogP contribution in [0.25, 0.3) is 0 Å². The number of carboxylic acid groups (broad SMARTS) is 2. The number of aryl methyl sites for hydroxylation is 1. The Bertz CT molecular complexity index is 633. The maximum absolute atomic E-state index is 12.1. The van der Waals surface area contributed by atoms with E-state index in [-0.39, 0.29) is 0 Å². The summed E-state index contributed by atoms with van der Waals surface area (Å²) in [6.45, 7) is 1.64. The number of carbonyl (C=O) groups is 2. The quantitative estimate of drug-likeness (QED) is 0.540. The van der Waals surface area contributed by atoms with Crippen molar-refractivity contribution in [2.75, 3.05) is 0 Å². The molecule has 1 aromatic rings. The summed E-state index contributed by atoms with van der Waals surface area (Å²) in [4.78, 5) is 17.1. The number of hydrogen-bond donors (Lipinski definition) is 4. The van der Waals surface area contributed by atoms with E-state index in [2.05, 4.69) is 0 Å². The van der Waals surface area contributed by atoms with Crippen LogP contribution in [0.1, 0.15) is 5.56 Å². The zero-order chi connectivity index (χ0) is 15.7. The molecule has 0 amide bonds. The van der Waals surface area contributed by atoms with Gasteiger partial charge in [0, 0.05) is 0 Å². The van der Waals surface area contributed by atoms with E-state index >= 15 is 0 Å². The van der Waals surface area contributed by atoms with Crippen molar-refractivity contribution in [3.05, 3.63) is 29.8 Å². The van der Waals surface area contributed by atoms with E-state index < -0.39 is 37.7 Å². The minimum Gasteiger partial charge on any atom is -0.479 e. The Labute approximate surface area is 113 Å². The van der Waals surface area contributed by atoms with Gasteiger partial charge in [0.15, 0.2) is 0 Å². The van der Waals surface area contributed by atoms with E-state index in [0.29, 0.717) is 5.56 Å². The van der Waals surface area contributed by atoms with Crippen LogP contribution in [0.2, 0.25) is 0 Å². The summed E-state index contributed by atoms with van der Waals surface area (Å²) >= 11 is 0. The van der Waals surface area contributed by atoms with Crippen LogP contribution in [0.4, 0.5) is 0 Å². The van der Waals surface area contributed by atoms with E-state index in [1.807, 2.05) is 0 Å². The van der Waals surface area contributed by atoms with E-state index in [1.54, 1.807) is 6.92 Å². The van der Waals surface area contributed by atoms with E-state index in [0.717, 1.165) is 12.1 Å². The van der Waals surface area contributed by atoms with Crippen molar-refractivity contribution in [1.29, 1.82) is 0 Å². The number of carboxylic acids is 2. The maximum Gasteiger partial charge on any atom is 0.355 e. The average Bonchev–Trinajstić information content (AvgIpc) is 2.36. The van der Waals surface area contributed by atoms with Gasteiger partial charge in [-0.05, 0) is 19.1 Å². The summed E-state index contributed by atoms with van der Waals surface area (Å²) in [6.07, 6.45) is -3.04. The molecule has 1 rings (SSSR count). The molecule has 8 nitrogen and oxygen atoms in total. The largest absolute Gasteiger partial charge is 0.479 e. The minimum absolute atomic E-state index is 0.617. The molecule has 4 N–H and O–H groups in total. The number of rotatable bonds is 5. The topological polar surface area (TPSA) is 149 Å². The van der Waals surface area contributed by atoms with Gasteiger partial charge in [-0.25, -0.2) is 18.0 Å². The second-order valence-corrected chi connectivity index (χ2v) is 6.16. The van der Waals surface area contributed by atoms with Gasteiger partial charge in [0.25, 0.3) is 0 Å². The molecule has 20 heavy (non-hydrogen) atoms. The Morgan fingerprint density at radius 2 is 1.60 bits per heavy atom. The van der Waals surface area contributed by atoms with Crippen molar-refractivity contribution in [3.8, 4) is 0 Å². The summed E-state index contributed by atoms with van der Waals surface area (Å²) in [5.74, 6) is -4.56. The summed E-state index contributed by atoms with van der Waals surface area (Å²) < 4.78 is 24.2. The molecule has 2 atom stereocenters. The van der Waals surface area contributed by atoms with Crippen LogP contribution in [0.5, 0.6) is 0 Å². The zero-order valence-corrected chi connectivity index (χ0v) is 11.0. The van der Waals surface area contributed by atoms with Crippen LogP contribution in [0, 0.1) is 6.92 Å². The third-order valence-electron chi connectivity index (χ3n) is 2.65. The van der Waals surface area contributed by atoms with Gasteiger partial charge in [-0.3, -0.25) is 0 Å². The molecule has 0 saturated carbocycles. The highest BCUT2D eigenvalue weighted by molar-refractivity contribution is 7.93. The molecule has 0 radical (unpaired) electrons. The zero-order valence-electron chi connectivity index (χ0n) is 10.2. The highest BCUT2D eigenvalue weighted by atomic mass is 32.2. The first-order valence-electron chi connectivity index (χ1n) is 5.23. The molecule has 0 aromatic heterocycles. The SMILES string of the molecule is Cc1ccc(S(=O)(=O)[C@](O)(C(=O)O)[C@@H](O)C(=O)O)cc1. The van der Waals surface area contributed by atoms with Gasteiger partial charge in [-0.15, -0.1) is 0 Å². The molecule has 0 bridgehead atoms. The van der Waals surface area contributed by atoms with Crippen molar-refractivity contribution in [3.63, 3.8) is 0 Å². The van der Waals surface area contributed by atoms with Crippen molar-refractivity contribution in [1.82, 2.24) is 0 Å². The van der Waals surface area contributed by atoms with E-state index in [1.165, 1.54) is 12.1 Å². The fourth-order valence-corrected chi connectivity index (χ4v) is 2.92. The Balaban J connectivity index is 3.52. The molecule has 110 valence electrons. The van der Waals surface area contributed by atoms with Crippen LogP contribution in [-0.4, -0.2) is 51.8 Å². The predicted molar refractivity (Wildman–Crippen MR) is 64.6 cm³/mol. The number of benzene rings is 1. The Morgan fingerprint density at radius 3 is 1.95 bits per heavy atom. The Morgan fingerprint density at radius 1 is 1.15 bits per heavy atom. The standard InChI is InChI=1S/C11H12O8S/c1-6-2-4-7(5-3-6)20(18,19)11(17,10(15)16)8(12)9(13)14/h2-5,8,12,17H,1H3,(H,13,14)(H,15,16)/t8-,11-/m0/s1. The van der Waals surface area contributed by atoms with Crippen LogP contribution in [0.15, 0.2) is 29.2 Å². The molecular formula is C11H12O8S. The monoisotopic (exact) mass is 304 g/mol. The fraction of sp³-hybridized carbons (Fsp3) is 0.273. The third-order valence-corrected chi connectivity index (χ3v) is 4.76. The second kappa shape index (κ2) is 5.19. The van der Waals surface area contributed by atoms with Gasteiger partial charge in [0.05, 0.1) is 4.90 Å². The van der Waals surface area contributed by atoms with Gasteiger partial charge in [-0.1, -0.05) is 17.7 Å². The first-order valence-corrected chi connectivity index (χ1v) is 6.71. The molecule has 0 aliphatic carbocycles. The van der Waals surface area contributed by atoms with Crippen molar-refractivity contribution in [2.24, 2.45) is 0 Å². The molecule has 0 aliphatic rings. The summed E-state index contributed by atoms with van der Waals surface area (Å²) in [7, 11) is -5.04. The lowest BCUT2D eigenvalue weighted by Crippen LogP contribution is -2.58. The molecule has 0 aliphatic heterocycles. The van der Waals surface area contributed by atoms with Gasteiger partial charge in [-0.2, -0.15) is 0 Å². The van der Waals surface area contributed by atoms with Crippen LogP contribution >= 0.6 is 0 Å². The number of hydrogen-bond acceptors (Lipinski definition) is 6. The molecule has 0 unspecified atom stereocenters. The molecular weight excluding hydrogens is 292 g/mol. The fourth-order valence-electron chi connectivity index (χ4n) is 1.44. The Hall–Kier alpha value is -1.97. The molecule has 0 fully saturated rings. The number of aliphatic carboxylic acids is 2. The van der Waals surface area contributed by atoms with Crippen LogP contribution in [-0.2, 0) is 19.4 Å². The summed E-state index contributed by atoms with van der Waals surface area (Å²) in [5.41, 5.74) is 0.668. The highest BCUT2D eigenvalue weighted by Crippen LogP contribution is 2.28. The first kappa shape index (κ1) is 16.1. The van der Waals surface area contributed by atoms with Gasteiger partial charge in [0.2, 0.25) is 15.9 Å². The highest BCUT2D eigenvalue weighted by Gasteiger charge is 2.59. The van der Waals surface area contributed by atoms with E-state index in [9.17, 15) is 28.2 Å². The molecule has 0 spiro atoms. The average molecular weight is 304 g/mol. The van der Waals surface area contributed by atoms with Gasteiger partial charge < -0.3 is 20.4 Å². The maximum atomic E-state index is 12.1. The van der Waals surface area contributed by atoms with E-state index in [4.69, 9.17) is 10.2 Å². The summed E-state index contributed by atoms with van der Waals surface area (Å²) in [5, 5.41) is 36.5. The smallest absolute Gasteiger partial charge is 0.355 e. The lowest BCUT2D eigenvalue weighted by Gasteiger charge is -2.25. The number of sulfone groups is 1. The van der Waals surface area contributed by atoms with Gasteiger partial charge >= 0.3 is 16.9 Å². The van der Waals surface area contributed by atoms with Gasteiger partial charge in [0.1, 0.15) is 0 Å². The normalized spacial score (nSPS) is 16.1. The first-order chi connectivity index (χ1) is 9.05. The van der Waals surface area contributed by atoms with Crippen LogP contribution in [0.3, 0.4) is 0 Å². The molecule has 9 heteroatoms. The Kier molecular flexibility index (Phi) is 4.18. The molecule has 1 aromatic carbocycles. The third kappa shape index (κ3) is 2.38. The minimum atomic E-state index is -5.04. The summed E-state index contributed by atoms with van der Waals surface area (Å²) in [6, 6.07) is 4.69.